The first-order valence-electron chi connectivity index (χ1n) is 7.79. The van der Waals surface area contributed by atoms with Gasteiger partial charge in [0.1, 0.15) is 5.75 Å². The molecule has 7 heteroatoms. The fourth-order valence-corrected chi connectivity index (χ4v) is 2.06. The highest BCUT2D eigenvalue weighted by molar-refractivity contribution is 5.93. The van der Waals surface area contributed by atoms with Gasteiger partial charge in [-0.05, 0) is 24.3 Å². The Balaban J connectivity index is 1.79. The number of nitrogens with one attached hydrogen (secondary N) is 2. The average Bonchev–Trinajstić information content (AvgIpc) is 2.69. The highest BCUT2D eigenvalue weighted by Gasteiger charge is 2.07. The Hall–Kier alpha value is -3.48. The van der Waals surface area contributed by atoms with Crippen molar-refractivity contribution in [3.63, 3.8) is 0 Å². The van der Waals surface area contributed by atoms with Gasteiger partial charge < -0.3 is 14.2 Å². The second-order valence-electron chi connectivity index (χ2n) is 5.05. The molecule has 0 radical (unpaired) electrons. The number of benzene rings is 2. The standard InChI is InChI=1S/C19H20N2O5/c1-24-15-8-4-3-7-14(15)11-12-18(22)20-21-19(23)13-26-17-10-6-5-9-16(17)25-2/h3-12H,13H2,1-2H3,(H,20,22)(H,21,23). The van der Waals surface area contributed by atoms with E-state index < -0.39 is 11.8 Å². The Morgan fingerprint density at radius 2 is 1.50 bits per heavy atom. The molecule has 7 nitrogen and oxygen atoms in total. The topological polar surface area (TPSA) is 85.9 Å². The van der Waals surface area contributed by atoms with Crippen LogP contribution >= 0.6 is 0 Å². The maximum atomic E-state index is 11.8. The van der Waals surface area contributed by atoms with Crippen LogP contribution in [0.2, 0.25) is 0 Å². The van der Waals surface area contributed by atoms with Crippen LogP contribution in [0.4, 0.5) is 0 Å². The zero-order chi connectivity index (χ0) is 18.8. The van der Waals surface area contributed by atoms with Crippen LogP contribution in [0.5, 0.6) is 17.2 Å². The molecule has 0 saturated heterocycles. The minimum Gasteiger partial charge on any atom is -0.496 e. The second kappa shape index (κ2) is 9.73. The second-order valence-corrected chi connectivity index (χ2v) is 5.05. The third kappa shape index (κ3) is 5.55. The van der Waals surface area contributed by atoms with Crippen molar-refractivity contribution in [2.24, 2.45) is 0 Å². The van der Waals surface area contributed by atoms with Crippen LogP contribution in [0.1, 0.15) is 5.56 Å². The number of methoxy groups -OCH3 is 2. The van der Waals surface area contributed by atoms with Gasteiger partial charge in [-0.2, -0.15) is 0 Å². The molecule has 2 amide bonds. The maximum Gasteiger partial charge on any atom is 0.276 e. The maximum absolute atomic E-state index is 11.8. The Kier molecular flexibility index (Phi) is 7.05. The van der Waals surface area contributed by atoms with E-state index in [1.165, 1.54) is 13.2 Å². The van der Waals surface area contributed by atoms with E-state index in [0.717, 1.165) is 5.56 Å². The summed E-state index contributed by atoms with van der Waals surface area (Å²) >= 11 is 0. The van der Waals surface area contributed by atoms with E-state index in [4.69, 9.17) is 14.2 Å². The van der Waals surface area contributed by atoms with Gasteiger partial charge in [0.05, 0.1) is 14.2 Å². The van der Waals surface area contributed by atoms with Crippen LogP contribution in [-0.2, 0) is 9.59 Å². The van der Waals surface area contributed by atoms with Gasteiger partial charge >= 0.3 is 0 Å². The predicted molar refractivity (Wildman–Crippen MR) is 96.8 cm³/mol. The molecule has 2 N–H and O–H groups in total. The zero-order valence-electron chi connectivity index (χ0n) is 14.5. The molecule has 2 aromatic rings. The van der Waals surface area contributed by atoms with Crippen LogP contribution in [0.25, 0.3) is 6.08 Å². The number of carbonyl (C=O) groups is 2. The number of hydrogen-bond donors (Lipinski definition) is 2. The van der Waals surface area contributed by atoms with Crippen molar-refractivity contribution in [1.29, 1.82) is 0 Å². The molecule has 0 saturated carbocycles. The molecule has 0 spiro atoms. The first-order chi connectivity index (χ1) is 12.6. The summed E-state index contributed by atoms with van der Waals surface area (Å²) < 4.78 is 15.7. The molecule has 136 valence electrons. The third-order valence-electron chi connectivity index (χ3n) is 3.31. The van der Waals surface area contributed by atoms with Gasteiger partial charge in [0.25, 0.3) is 11.8 Å². The molecule has 0 atom stereocenters. The largest absolute Gasteiger partial charge is 0.496 e. The Morgan fingerprint density at radius 3 is 2.19 bits per heavy atom. The molecule has 0 aliphatic carbocycles. The van der Waals surface area contributed by atoms with Crippen LogP contribution in [0, 0.1) is 0 Å². The summed E-state index contributed by atoms with van der Waals surface area (Å²) in [4.78, 5) is 23.5. The summed E-state index contributed by atoms with van der Waals surface area (Å²) in [5, 5.41) is 0. The van der Waals surface area contributed by atoms with Gasteiger partial charge in [0, 0.05) is 11.6 Å². The Labute approximate surface area is 151 Å². The van der Waals surface area contributed by atoms with Crippen LogP contribution < -0.4 is 25.1 Å². The lowest BCUT2D eigenvalue weighted by molar-refractivity contribution is -0.128. The normalized spacial score (nSPS) is 10.2. The first-order valence-corrected chi connectivity index (χ1v) is 7.79. The number of rotatable bonds is 7. The van der Waals surface area contributed by atoms with Crippen molar-refractivity contribution in [2.45, 2.75) is 0 Å². The molecule has 0 aromatic heterocycles. The summed E-state index contributed by atoms with van der Waals surface area (Å²) in [6.45, 7) is -0.267. The van der Waals surface area contributed by atoms with Crippen molar-refractivity contribution >= 4 is 17.9 Å². The van der Waals surface area contributed by atoms with E-state index in [1.807, 2.05) is 18.2 Å². The molecular weight excluding hydrogens is 336 g/mol. The van der Waals surface area contributed by atoms with Crippen molar-refractivity contribution in [2.75, 3.05) is 20.8 Å². The van der Waals surface area contributed by atoms with Gasteiger partial charge in [-0.1, -0.05) is 30.3 Å². The number of para-hydroxylation sites is 3. The molecule has 2 rings (SSSR count). The summed E-state index contributed by atoms with van der Waals surface area (Å²) in [7, 11) is 3.06. The van der Waals surface area contributed by atoms with Gasteiger partial charge in [-0.25, -0.2) is 0 Å². The van der Waals surface area contributed by atoms with E-state index >= 15 is 0 Å². The molecule has 0 heterocycles. The number of hydrogen-bond acceptors (Lipinski definition) is 5. The molecule has 0 fully saturated rings. The minimum absolute atomic E-state index is 0.267. The SMILES string of the molecule is COc1ccccc1C=CC(=O)NNC(=O)COc1ccccc1OC. The van der Waals surface area contributed by atoms with E-state index in [1.54, 1.807) is 43.5 Å². The molecule has 0 bridgehead atoms. The van der Waals surface area contributed by atoms with Gasteiger partial charge in [0.2, 0.25) is 0 Å². The zero-order valence-corrected chi connectivity index (χ0v) is 14.5. The van der Waals surface area contributed by atoms with Crippen molar-refractivity contribution < 1.29 is 23.8 Å². The lowest BCUT2D eigenvalue weighted by Gasteiger charge is -2.10. The number of carbonyl (C=O) groups excluding carboxylic acids is 2. The quantitative estimate of drug-likeness (QED) is 0.585. The summed E-state index contributed by atoms with van der Waals surface area (Å²) in [5.74, 6) is 0.610. The summed E-state index contributed by atoms with van der Waals surface area (Å²) in [6, 6.07) is 14.2. The predicted octanol–water partition coefficient (Wildman–Crippen LogP) is 1.94. The molecule has 0 unspecified atom stereocenters. The lowest BCUT2D eigenvalue weighted by atomic mass is 10.2. The van der Waals surface area contributed by atoms with Gasteiger partial charge in [-0.15, -0.1) is 0 Å². The Bertz CT molecular complexity index is 789. The minimum atomic E-state index is -0.505. The molecular formula is C19H20N2O5. The Morgan fingerprint density at radius 1 is 0.885 bits per heavy atom. The van der Waals surface area contributed by atoms with Crippen molar-refractivity contribution in [3.8, 4) is 17.2 Å². The monoisotopic (exact) mass is 356 g/mol. The van der Waals surface area contributed by atoms with Gasteiger partial charge in [0.15, 0.2) is 18.1 Å². The van der Waals surface area contributed by atoms with E-state index in [2.05, 4.69) is 10.9 Å². The lowest BCUT2D eigenvalue weighted by Crippen LogP contribution is -2.43. The van der Waals surface area contributed by atoms with Crippen LogP contribution in [0.15, 0.2) is 54.6 Å². The first kappa shape index (κ1) is 18.9. The van der Waals surface area contributed by atoms with Crippen molar-refractivity contribution in [1.82, 2.24) is 10.9 Å². The van der Waals surface area contributed by atoms with E-state index in [9.17, 15) is 9.59 Å². The van der Waals surface area contributed by atoms with E-state index in [0.29, 0.717) is 17.2 Å². The smallest absolute Gasteiger partial charge is 0.276 e. The highest BCUT2D eigenvalue weighted by atomic mass is 16.5. The van der Waals surface area contributed by atoms with Crippen molar-refractivity contribution in [3.05, 3.63) is 60.2 Å². The fraction of sp³-hybridized carbons (Fsp3) is 0.158. The van der Waals surface area contributed by atoms with Crippen LogP contribution in [0.3, 0.4) is 0 Å². The molecule has 26 heavy (non-hydrogen) atoms. The van der Waals surface area contributed by atoms with E-state index in [-0.39, 0.29) is 6.61 Å². The number of amides is 2. The molecule has 2 aromatic carbocycles. The molecule has 0 aliphatic rings. The highest BCUT2D eigenvalue weighted by Crippen LogP contribution is 2.25. The number of ether oxygens (including phenoxy) is 3. The van der Waals surface area contributed by atoms with Crippen LogP contribution in [-0.4, -0.2) is 32.6 Å². The summed E-state index contributed by atoms with van der Waals surface area (Å²) in [5.41, 5.74) is 5.29. The molecule has 0 aliphatic heterocycles. The average molecular weight is 356 g/mol. The number of hydrazine groups is 1. The summed E-state index contributed by atoms with van der Waals surface area (Å²) in [6.07, 6.45) is 2.88. The third-order valence-corrected chi connectivity index (χ3v) is 3.31. The van der Waals surface area contributed by atoms with Gasteiger partial charge in [-0.3, -0.25) is 20.4 Å². The fourth-order valence-electron chi connectivity index (χ4n) is 2.06.